The predicted molar refractivity (Wildman–Crippen MR) is 57.4 cm³/mol. The van der Waals surface area contributed by atoms with Crippen molar-refractivity contribution in [2.24, 2.45) is 0 Å². The van der Waals surface area contributed by atoms with E-state index in [1.54, 1.807) is 16.7 Å². The SMILES string of the molecule is Cc1cc[n+]2c(c1)nnc1c(F)cc(F)cc12. The van der Waals surface area contributed by atoms with Crippen LogP contribution in [-0.2, 0) is 0 Å². The Hall–Kier alpha value is -2.17. The molecule has 3 aromatic rings. The molecule has 3 rings (SSSR count). The van der Waals surface area contributed by atoms with Gasteiger partial charge in [-0.2, -0.15) is 4.40 Å². The van der Waals surface area contributed by atoms with Gasteiger partial charge in [-0.1, -0.05) is 0 Å². The van der Waals surface area contributed by atoms with Crippen molar-refractivity contribution >= 4 is 16.7 Å². The quantitative estimate of drug-likeness (QED) is 0.438. The Balaban J connectivity index is 2.55. The third kappa shape index (κ3) is 1.51. The first-order valence-corrected chi connectivity index (χ1v) is 5.08. The number of benzene rings is 1. The van der Waals surface area contributed by atoms with Gasteiger partial charge in [0.25, 0.3) is 0 Å². The van der Waals surface area contributed by atoms with Gasteiger partial charge in [0, 0.05) is 18.2 Å². The van der Waals surface area contributed by atoms with E-state index in [1.165, 1.54) is 6.07 Å². The van der Waals surface area contributed by atoms with Crippen LogP contribution >= 0.6 is 0 Å². The zero-order valence-electron chi connectivity index (χ0n) is 8.98. The largest absolute Gasteiger partial charge is 0.356 e. The lowest BCUT2D eigenvalue weighted by atomic mass is 10.2. The monoisotopic (exact) mass is 232 g/mol. The van der Waals surface area contributed by atoms with Crippen LogP contribution in [-0.4, -0.2) is 10.2 Å². The summed E-state index contributed by atoms with van der Waals surface area (Å²) in [5.74, 6) is -1.33. The summed E-state index contributed by atoms with van der Waals surface area (Å²) in [6, 6.07) is 5.69. The van der Waals surface area contributed by atoms with Crippen LogP contribution in [0.2, 0.25) is 0 Å². The topological polar surface area (TPSA) is 29.9 Å². The van der Waals surface area contributed by atoms with E-state index in [2.05, 4.69) is 10.2 Å². The molecule has 0 bridgehead atoms. The number of hydrogen-bond donors (Lipinski definition) is 0. The minimum absolute atomic E-state index is 0.0627. The van der Waals surface area contributed by atoms with Gasteiger partial charge in [-0.05, 0) is 23.7 Å². The highest BCUT2D eigenvalue weighted by atomic mass is 19.1. The Morgan fingerprint density at radius 3 is 2.76 bits per heavy atom. The first-order valence-electron chi connectivity index (χ1n) is 5.08. The van der Waals surface area contributed by atoms with Gasteiger partial charge in [-0.3, -0.25) is 0 Å². The fourth-order valence-electron chi connectivity index (χ4n) is 1.81. The zero-order valence-corrected chi connectivity index (χ0v) is 8.98. The van der Waals surface area contributed by atoms with Crippen LogP contribution in [0.3, 0.4) is 0 Å². The number of aromatic nitrogens is 3. The van der Waals surface area contributed by atoms with Crippen molar-refractivity contribution in [2.75, 3.05) is 0 Å². The molecule has 0 aliphatic rings. The second kappa shape index (κ2) is 3.41. The number of fused-ring (bicyclic) bond motifs is 3. The number of pyridine rings is 1. The fourth-order valence-corrected chi connectivity index (χ4v) is 1.81. The smallest absolute Gasteiger partial charge is 0.207 e. The van der Waals surface area contributed by atoms with Gasteiger partial charge in [0.2, 0.25) is 0 Å². The number of rotatable bonds is 0. The molecule has 0 atom stereocenters. The minimum Gasteiger partial charge on any atom is -0.207 e. The number of halogens is 2. The molecular formula is C12H8F2N3+. The summed E-state index contributed by atoms with van der Waals surface area (Å²) in [4.78, 5) is 0. The van der Waals surface area contributed by atoms with Gasteiger partial charge in [0.05, 0.1) is 11.3 Å². The first-order chi connectivity index (χ1) is 8.15. The third-order valence-electron chi connectivity index (χ3n) is 2.61. The molecular weight excluding hydrogens is 224 g/mol. The Kier molecular flexibility index (Phi) is 2.01. The standard InChI is InChI=1S/C12H8F2N3/c1-7-2-3-17-10-6-8(13)5-9(14)12(10)16-15-11(17)4-7/h2-6H,1H3/q+1. The molecule has 0 fully saturated rings. The van der Waals surface area contributed by atoms with Crippen molar-refractivity contribution < 1.29 is 13.2 Å². The molecule has 0 saturated heterocycles. The molecule has 17 heavy (non-hydrogen) atoms. The summed E-state index contributed by atoms with van der Waals surface area (Å²) < 4.78 is 28.3. The molecule has 0 amide bonds. The Labute approximate surface area is 95.3 Å². The maximum atomic E-state index is 13.5. The van der Waals surface area contributed by atoms with Gasteiger partial charge >= 0.3 is 5.65 Å². The van der Waals surface area contributed by atoms with Crippen molar-refractivity contribution in [3.63, 3.8) is 0 Å². The molecule has 0 aliphatic carbocycles. The summed E-state index contributed by atoms with van der Waals surface area (Å²) in [7, 11) is 0. The number of hydrogen-bond acceptors (Lipinski definition) is 2. The van der Waals surface area contributed by atoms with E-state index in [0.29, 0.717) is 11.2 Å². The molecule has 0 saturated carbocycles. The third-order valence-corrected chi connectivity index (χ3v) is 2.61. The van der Waals surface area contributed by atoms with E-state index in [-0.39, 0.29) is 5.52 Å². The fraction of sp³-hybridized carbons (Fsp3) is 0.0833. The van der Waals surface area contributed by atoms with Crippen molar-refractivity contribution in [1.29, 1.82) is 0 Å². The highest BCUT2D eigenvalue weighted by Gasteiger charge is 2.15. The summed E-state index contributed by atoms with van der Waals surface area (Å²) in [5, 5.41) is 7.69. The van der Waals surface area contributed by atoms with Crippen LogP contribution in [0.4, 0.5) is 8.78 Å². The molecule has 3 nitrogen and oxygen atoms in total. The average Bonchev–Trinajstić information content (AvgIpc) is 2.27. The maximum absolute atomic E-state index is 13.5. The summed E-state index contributed by atoms with van der Waals surface area (Å²) in [5.41, 5.74) is 2.00. The Bertz CT molecular complexity index is 740. The highest BCUT2D eigenvalue weighted by Crippen LogP contribution is 2.14. The van der Waals surface area contributed by atoms with Crippen molar-refractivity contribution in [3.05, 3.63) is 47.7 Å². The van der Waals surface area contributed by atoms with Crippen molar-refractivity contribution in [3.8, 4) is 0 Å². The van der Waals surface area contributed by atoms with Crippen LogP contribution in [0.5, 0.6) is 0 Å². The van der Waals surface area contributed by atoms with Crippen LogP contribution in [0.25, 0.3) is 16.7 Å². The molecule has 0 N–H and O–H groups in total. The van der Waals surface area contributed by atoms with Crippen molar-refractivity contribution in [2.45, 2.75) is 6.92 Å². The first kappa shape index (κ1) is 10.0. The molecule has 2 heterocycles. The summed E-state index contributed by atoms with van der Waals surface area (Å²) >= 11 is 0. The van der Waals surface area contributed by atoms with Crippen LogP contribution in [0, 0.1) is 18.6 Å². The van der Waals surface area contributed by atoms with E-state index in [9.17, 15) is 8.78 Å². The molecule has 0 spiro atoms. The molecule has 5 heteroatoms. The molecule has 1 aromatic carbocycles. The van der Waals surface area contributed by atoms with Gasteiger partial charge in [0.15, 0.2) is 16.9 Å². The van der Waals surface area contributed by atoms with E-state index in [1.807, 2.05) is 13.0 Å². The molecule has 2 aromatic heterocycles. The summed E-state index contributed by atoms with van der Waals surface area (Å²) in [6.45, 7) is 1.91. The Morgan fingerprint density at radius 2 is 1.94 bits per heavy atom. The lowest BCUT2D eigenvalue weighted by molar-refractivity contribution is -0.485. The lowest BCUT2D eigenvalue weighted by Gasteiger charge is -1.98. The normalized spacial score (nSPS) is 11.2. The predicted octanol–water partition coefficient (Wildman–Crippen LogP) is 1.96. The van der Waals surface area contributed by atoms with E-state index in [0.717, 1.165) is 11.6 Å². The molecule has 0 aliphatic heterocycles. The second-order valence-electron chi connectivity index (χ2n) is 3.89. The molecule has 84 valence electrons. The van der Waals surface area contributed by atoms with E-state index in [4.69, 9.17) is 0 Å². The summed E-state index contributed by atoms with van der Waals surface area (Å²) in [6.07, 6.45) is 1.72. The highest BCUT2D eigenvalue weighted by molar-refractivity contribution is 5.71. The molecule has 0 radical (unpaired) electrons. The van der Waals surface area contributed by atoms with E-state index < -0.39 is 11.6 Å². The zero-order chi connectivity index (χ0) is 12.0. The van der Waals surface area contributed by atoms with Gasteiger partial charge < -0.3 is 0 Å². The maximum Gasteiger partial charge on any atom is 0.356 e. The Morgan fingerprint density at radius 1 is 1.12 bits per heavy atom. The molecule has 0 unspecified atom stereocenters. The number of nitrogens with zero attached hydrogens (tertiary/aromatic N) is 3. The van der Waals surface area contributed by atoms with Gasteiger partial charge in [0.1, 0.15) is 5.82 Å². The minimum atomic E-state index is -0.706. The van der Waals surface area contributed by atoms with Crippen LogP contribution in [0.15, 0.2) is 30.5 Å². The number of aryl methyl sites for hydroxylation is 1. The van der Waals surface area contributed by atoms with Gasteiger partial charge in [-0.15, -0.1) is 0 Å². The van der Waals surface area contributed by atoms with Crippen LogP contribution in [0.1, 0.15) is 5.56 Å². The van der Waals surface area contributed by atoms with E-state index >= 15 is 0 Å². The van der Waals surface area contributed by atoms with Crippen molar-refractivity contribution in [1.82, 2.24) is 10.2 Å². The van der Waals surface area contributed by atoms with Gasteiger partial charge in [-0.25, -0.2) is 8.78 Å². The average molecular weight is 232 g/mol. The van der Waals surface area contributed by atoms with Crippen LogP contribution < -0.4 is 4.40 Å². The second-order valence-corrected chi connectivity index (χ2v) is 3.89. The lowest BCUT2D eigenvalue weighted by Crippen LogP contribution is -2.25.